The van der Waals surface area contributed by atoms with E-state index in [0.29, 0.717) is 0 Å². The molecule has 0 bridgehead atoms. The first-order valence-electron chi connectivity index (χ1n) is 12.8. The number of rotatable bonds is 20. The molecule has 1 unspecified atom stereocenters. The van der Waals surface area contributed by atoms with Crippen LogP contribution in [0.3, 0.4) is 0 Å². The van der Waals surface area contributed by atoms with Crippen LogP contribution in [-0.4, -0.2) is 21.4 Å². The van der Waals surface area contributed by atoms with Crippen LogP contribution in [0, 0.1) is 0 Å². The van der Waals surface area contributed by atoms with E-state index in [4.69, 9.17) is 0 Å². The lowest BCUT2D eigenvalue weighted by Gasteiger charge is -2.10. The molecule has 0 radical (unpaired) electrons. The number of hydrogen-bond acceptors (Lipinski definition) is 3. The van der Waals surface area contributed by atoms with E-state index < -0.39 is 0 Å². The molecule has 0 amide bonds. The molecule has 30 heavy (non-hydrogen) atoms. The van der Waals surface area contributed by atoms with Crippen LogP contribution in [-0.2, 0) is 6.42 Å². The van der Waals surface area contributed by atoms with Gasteiger partial charge in [-0.05, 0) is 43.4 Å². The van der Waals surface area contributed by atoms with E-state index in [1.54, 1.807) is 12.1 Å². The molecule has 0 fully saturated rings. The molecule has 3 N–H and O–H groups in total. The Hall–Kier alpha value is -1.22. The fraction of sp³-hybridized carbons (Fsp3) is 0.778. The molecular formula is C27H48O3. The minimum Gasteiger partial charge on any atom is -0.508 e. The van der Waals surface area contributed by atoms with E-state index in [-0.39, 0.29) is 17.6 Å². The summed E-state index contributed by atoms with van der Waals surface area (Å²) >= 11 is 0. The molecule has 0 heterocycles. The monoisotopic (exact) mass is 420 g/mol. The lowest BCUT2D eigenvalue weighted by molar-refractivity contribution is 0.148. The highest BCUT2D eigenvalue weighted by molar-refractivity contribution is 5.36. The molecule has 1 rings (SSSR count). The van der Waals surface area contributed by atoms with Crippen LogP contribution in [0.4, 0.5) is 0 Å². The van der Waals surface area contributed by atoms with Crippen LogP contribution < -0.4 is 0 Å². The van der Waals surface area contributed by atoms with Gasteiger partial charge in [0.25, 0.3) is 0 Å². The van der Waals surface area contributed by atoms with E-state index in [9.17, 15) is 15.3 Å². The van der Waals surface area contributed by atoms with E-state index in [2.05, 4.69) is 6.92 Å². The minimum absolute atomic E-state index is 0.100. The van der Waals surface area contributed by atoms with E-state index >= 15 is 0 Å². The molecule has 3 nitrogen and oxygen atoms in total. The van der Waals surface area contributed by atoms with Crippen molar-refractivity contribution < 1.29 is 15.3 Å². The van der Waals surface area contributed by atoms with E-state index in [0.717, 1.165) is 37.7 Å². The molecule has 0 aliphatic carbocycles. The van der Waals surface area contributed by atoms with E-state index in [1.807, 2.05) is 0 Å². The molecule has 3 heteroatoms. The Balaban J connectivity index is 1.83. The minimum atomic E-state index is -0.224. The average Bonchev–Trinajstić information content (AvgIpc) is 2.70. The summed E-state index contributed by atoms with van der Waals surface area (Å²) in [6, 6.07) is 4.70. The van der Waals surface area contributed by atoms with Gasteiger partial charge >= 0.3 is 0 Å². The first kappa shape index (κ1) is 26.8. The average molecular weight is 421 g/mol. The van der Waals surface area contributed by atoms with Crippen LogP contribution in [0.5, 0.6) is 11.5 Å². The van der Waals surface area contributed by atoms with Crippen LogP contribution in [0.15, 0.2) is 18.2 Å². The topological polar surface area (TPSA) is 60.7 Å². The predicted octanol–water partition coefficient (Wildman–Crippen LogP) is 8.04. The molecule has 0 saturated carbocycles. The van der Waals surface area contributed by atoms with Gasteiger partial charge in [-0.1, -0.05) is 103 Å². The Bertz CT molecular complexity index is 495. The molecule has 1 aromatic rings. The zero-order valence-corrected chi connectivity index (χ0v) is 19.6. The predicted molar refractivity (Wildman–Crippen MR) is 128 cm³/mol. The Labute approximate surface area is 185 Å². The van der Waals surface area contributed by atoms with Crippen molar-refractivity contribution in [3.63, 3.8) is 0 Å². The number of aromatic hydroxyl groups is 2. The molecule has 0 aromatic heterocycles. The van der Waals surface area contributed by atoms with Gasteiger partial charge in [0.1, 0.15) is 11.5 Å². The number of unbranched alkanes of at least 4 members (excludes halogenated alkanes) is 14. The second-order valence-electron chi connectivity index (χ2n) is 9.14. The van der Waals surface area contributed by atoms with Crippen LogP contribution >= 0.6 is 0 Å². The summed E-state index contributed by atoms with van der Waals surface area (Å²) in [6.07, 6.45) is 23.6. The summed E-state index contributed by atoms with van der Waals surface area (Å²) in [5.74, 6) is 0.201. The van der Waals surface area contributed by atoms with Crippen molar-refractivity contribution in [2.75, 3.05) is 0 Å². The van der Waals surface area contributed by atoms with Crippen LogP contribution in [0.25, 0.3) is 0 Å². The van der Waals surface area contributed by atoms with Gasteiger partial charge in [0.05, 0.1) is 6.10 Å². The van der Waals surface area contributed by atoms with E-state index in [1.165, 1.54) is 96.0 Å². The largest absolute Gasteiger partial charge is 0.508 e. The first-order valence-corrected chi connectivity index (χ1v) is 12.8. The van der Waals surface area contributed by atoms with Crippen molar-refractivity contribution >= 4 is 0 Å². The molecule has 174 valence electrons. The van der Waals surface area contributed by atoms with Gasteiger partial charge in [0.2, 0.25) is 0 Å². The number of aliphatic hydroxyl groups is 1. The van der Waals surface area contributed by atoms with Crippen molar-refractivity contribution in [2.45, 2.75) is 135 Å². The fourth-order valence-electron chi connectivity index (χ4n) is 4.24. The van der Waals surface area contributed by atoms with Gasteiger partial charge in [-0.3, -0.25) is 0 Å². The summed E-state index contributed by atoms with van der Waals surface area (Å²) in [5.41, 5.74) is 0.923. The number of phenolic OH excluding ortho intramolecular Hbond substituents is 2. The van der Waals surface area contributed by atoms with Crippen molar-refractivity contribution in [2.24, 2.45) is 0 Å². The van der Waals surface area contributed by atoms with Gasteiger partial charge in [-0.25, -0.2) is 0 Å². The molecule has 0 aliphatic heterocycles. The third kappa shape index (κ3) is 15.6. The second kappa shape index (κ2) is 18.5. The third-order valence-electron chi connectivity index (χ3n) is 6.11. The summed E-state index contributed by atoms with van der Waals surface area (Å²) in [5, 5.41) is 29.1. The van der Waals surface area contributed by atoms with Crippen molar-refractivity contribution in [3.8, 4) is 11.5 Å². The molecule has 0 saturated heterocycles. The van der Waals surface area contributed by atoms with Crippen molar-refractivity contribution in [1.82, 2.24) is 0 Å². The summed E-state index contributed by atoms with van der Waals surface area (Å²) in [4.78, 5) is 0. The Morgan fingerprint density at radius 1 is 0.567 bits per heavy atom. The number of aryl methyl sites for hydroxylation is 1. The van der Waals surface area contributed by atoms with Crippen molar-refractivity contribution in [1.29, 1.82) is 0 Å². The molecule has 1 aromatic carbocycles. The maximum atomic E-state index is 10.1. The quantitative estimate of drug-likeness (QED) is 0.187. The molecule has 0 aliphatic rings. The van der Waals surface area contributed by atoms with Gasteiger partial charge in [-0.2, -0.15) is 0 Å². The van der Waals surface area contributed by atoms with Gasteiger partial charge in [0, 0.05) is 6.07 Å². The fourth-order valence-corrected chi connectivity index (χ4v) is 4.24. The van der Waals surface area contributed by atoms with Crippen LogP contribution in [0.2, 0.25) is 0 Å². The number of hydrogen-bond donors (Lipinski definition) is 3. The van der Waals surface area contributed by atoms with Gasteiger partial charge in [0.15, 0.2) is 0 Å². The van der Waals surface area contributed by atoms with Crippen molar-refractivity contribution in [3.05, 3.63) is 23.8 Å². The highest BCUT2D eigenvalue weighted by Crippen LogP contribution is 2.22. The Kier molecular flexibility index (Phi) is 16.6. The molecular weight excluding hydrogens is 372 g/mol. The Morgan fingerprint density at radius 3 is 1.43 bits per heavy atom. The highest BCUT2D eigenvalue weighted by Gasteiger charge is 2.05. The molecule has 1 atom stereocenters. The zero-order chi connectivity index (χ0) is 21.9. The summed E-state index contributed by atoms with van der Waals surface area (Å²) in [7, 11) is 0. The molecule has 0 spiro atoms. The Morgan fingerprint density at radius 2 is 0.967 bits per heavy atom. The first-order chi connectivity index (χ1) is 14.6. The lowest BCUT2D eigenvalue weighted by Crippen LogP contribution is -2.06. The maximum Gasteiger partial charge on any atom is 0.119 e. The van der Waals surface area contributed by atoms with Crippen LogP contribution in [0.1, 0.15) is 128 Å². The van der Waals surface area contributed by atoms with Gasteiger partial charge < -0.3 is 15.3 Å². The number of phenols is 2. The normalized spacial score (nSPS) is 12.3. The highest BCUT2D eigenvalue weighted by atomic mass is 16.3. The standard InChI is InChI=1S/C27H48O3/c1-2-3-4-5-6-7-8-9-10-11-12-13-14-15-16-19-25(28)20-17-18-24-21-26(29)23-27(30)22-24/h21-23,25,28-30H,2-20H2,1H3. The smallest absolute Gasteiger partial charge is 0.119 e. The maximum absolute atomic E-state index is 10.1. The SMILES string of the molecule is CCCCCCCCCCCCCCCCCC(O)CCCc1cc(O)cc(O)c1. The lowest BCUT2D eigenvalue weighted by atomic mass is 10.0. The summed E-state index contributed by atoms with van der Waals surface area (Å²) < 4.78 is 0. The number of benzene rings is 1. The summed E-state index contributed by atoms with van der Waals surface area (Å²) in [6.45, 7) is 2.28. The second-order valence-corrected chi connectivity index (χ2v) is 9.14. The van der Waals surface area contributed by atoms with Gasteiger partial charge in [-0.15, -0.1) is 0 Å². The zero-order valence-electron chi connectivity index (χ0n) is 19.6. The number of aliphatic hydroxyl groups excluding tert-OH is 1. The third-order valence-corrected chi connectivity index (χ3v) is 6.11.